The molecule has 1 aliphatic rings. The maximum atomic E-state index is 13.2. The SMILES string of the molecule is Nc1cc(F)cc(S(=O)(=O)NCC2CCOCC2)c1. The number of sulfonamides is 1. The van der Waals surface area contributed by atoms with Crippen molar-refractivity contribution in [3.63, 3.8) is 0 Å². The molecule has 1 aromatic carbocycles. The minimum atomic E-state index is -3.72. The maximum Gasteiger partial charge on any atom is 0.240 e. The highest BCUT2D eigenvalue weighted by atomic mass is 32.2. The van der Waals surface area contributed by atoms with Gasteiger partial charge in [0.1, 0.15) is 5.82 Å². The average molecular weight is 288 g/mol. The van der Waals surface area contributed by atoms with E-state index in [-0.39, 0.29) is 16.5 Å². The van der Waals surface area contributed by atoms with Crippen molar-refractivity contribution in [2.75, 3.05) is 25.5 Å². The van der Waals surface area contributed by atoms with E-state index < -0.39 is 15.8 Å². The predicted octanol–water partition coefficient (Wildman–Crippen LogP) is 1.11. The highest BCUT2D eigenvalue weighted by Crippen LogP contribution is 2.18. The van der Waals surface area contributed by atoms with E-state index in [0.717, 1.165) is 25.0 Å². The first-order valence-electron chi connectivity index (χ1n) is 6.11. The standard InChI is InChI=1S/C12H17FN2O3S/c13-10-5-11(14)7-12(6-10)19(16,17)15-8-9-1-3-18-4-2-9/h5-7,9,15H,1-4,8,14H2. The van der Waals surface area contributed by atoms with Crippen molar-refractivity contribution in [1.82, 2.24) is 4.72 Å². The Morgan fingerprint density at radius 1 is 1.32 bits per heavy atom. The first-order valence-corrected chi connectivity index (χ1v) is 7.59. The van der Waals surface area contributed by atoms with Crippen LogP contribution >= 0.6 is 0 Å². The van der Waals surface area contributed by atoms with Crippen LogP contribution in [0.1, 0.15) is 12.8 Å². The van der Waals surface area contributed by atoms with E-state index >= 15 is 0 Å². The molecule has 0 amide bonds. The predicted molar refractivity (Wildman–Crippen MR) is 69.5 cm³/mol. The second kappa shape index (κ2) is 5.85. The smallest absolute Gasteiger partial charge is 0.240 e. The summed E-state index contributed by atoms with van der Waals surface area (Å²) in [5.74, 6) is -0.402. The van der Waals surface area contributed by atoms with Crippen LogP contribution in [0, 0.1) is 11.7 Å². The molecule has 0 saturated carbocycles. The lowest BCUT2D eigenvalue weighted by Gasteiger charge is -2.22. The molecule has 7 heteroatoms. The molecule has 1 heterocycles. The van der Waals surface area contributed by atoms with Gasteiger partial charge in [0.2, 0.25) is 10.0 Å². The number of rotatable bonds is 4. The molecule has 19 heavy (non-hydrogen) atoms. The zero-order valence-electron chi connectivity index (χ0n) is 10.4. The molecule has 106 valence electrons. The van der Waals surface area contributed by atoms with Gasteiger partial charge >= 0.3 is 0 Å². The number of halogens is 1. The minimum Gasteiger partial charge on any atom is -0.399 e. The lowest BCUT2D eigenvalue weighted by atomic mass is 10.0. The molecule has 0 unspecified atom stereocenters. The minimum absolute atomic E-state index is 0.0893. The summed E-state index contributed by atoms with van der Waals surface area (Å²) in [7, 11) is -3.72. The van der Waals surface area contributed by atoms with Crippen molar-refractivity contribution in [2.45, 2.75) is 17.7 Å². The van der Waals surface area contributed by atoms with Gasteiger partial charge in [0.25, 0.3) is 0 Å². The number of ether oxygens (including phenoxy) is 1. The van der Waals surface area contributed by atoms with Crippen LogP contribution < -0.4 is 10.5 Å². The molecular weight excluding hydrogens is 271 g/mol. The highest BCUT2D eigenvalue weighted by Gasteiger charge is 2.19. The number of benzene rings is 1. The van der Waals surface area contributed by atoms with Gasteiger partial charge < -0.3 is 10.5 Å². The van der Waals surface area contributed by atoms with Crippen LogP contribution in [0.2, 0.25) is 0 Å². The summed E-state index contributed by atoms with van der Waals surface area (Å²) in [5.41, 5.74) is 5.54. The molecule has 5 nitrogen and oxygen atoms in total. The summed E-state index contributed by atoms with van der Waals surface area (Å²) in [6, 6.07) is 3.29. The molecule has 0 spiro atoms. The fourth-order valence-corrected chi connectivity index (χ4v) is 3.18. The lowest BCUT2D eigenvalue weighted by molar-refractivity contribution is 0.0678. The van der Waals surface area contributed by atoms with E-state index in [1.54, 1.807) is 0 Å². The van der Waals surface area contributed by atoms with E-state index in [1.807, 2.05) is 0 Å². The molecule has 1 aliphatic heterocycles. The first-order chi connectivity index (χ1) is 8.97. The van der Waals surface area contributed by atoms with Gasteiger partial charge in [0.15, 0.2) is 0 Å². The Hall–Kier alpha value is -1.18. The van der Waals surface area contributed by atoms with Crippen LogP contribution in [0.3, 0.4) is 0 Å². The molecule has 0 aromatic heterocycles. The van der Waals surface area contributed by atoms with Gasteiger partial charge in [0, 0.05) is 25.4 Å². The normalized spacial score (nSPS) is 17.5. The monoisotopic (exact) mass is 288 g/mol. The van der Waals surface area contributed by atoms with Crippen LogP contribution in [-0.4, -0.2) is 28.2 Å². The molecule has 3 N–H and O–H groups in total. The Morgan fingerprint density at radius 2 is 2.00 bits per heavy atom. The van der Waals surface area contributed by atoms with Crippen LogP contribution in [0.25, 0.3) is 0 Å². The highest BCUT2D eigenvalue weighted by molar-refractivity contribution is 7.89. The third-order valence-corrected chi connectivity index (χ3v) is 4.51. The van der Waals surface area contributed by atoms with E-state index in [2.05, 4.69) is 4.72 Å². The first kappa shape index (κ1) is 14.2. The third-order valence-electron chi connectivity index (χ3n) is 3.11. The van der Waals surface area contributed by atoms with Crippen LogP contribution in [-0.2, 0) is 14.8 Å². The lowest BCUT2D eigenvalue weighted by Crippen LogP contribution is -2.32. The number of nitrogens with one attached hydrogen (secondary N) is 1. The Labute approximate surface area is 112 Å². The summed E-state index contributed by atoms with van der Waals surface area (Å²) in [6.07, 6.45) is 1.65. The fraction of sp³-hybridized carbons (Fsp3) is 0.500. The van der Waals surface area contributed by atoms with Gasteiger partial charge in [-0.1, -0.05) is 0 Å². The number of anilines is 1. The summed E-state index contributed by atoms with van der Waals surface area (Å²) >= 11 is 0. The zero-order chi connectivity index (χ0) is 13.9. The Morgan fingerprint density at radius 3 is 2.63 bits per heavy atom. The molecule has 0 atom stereocenters. The van der Waals surface area contributed by atoms with Gasteiger partial charge in [-0.2, -0.15) is 0 Å². The van der Waals surface area contributed by atoms with Gasteiger partial charge in [-0.05, 0) is 37.0 Å². The zero-order valence-corrected chi connectivity index (χ0v) is 11.2. The molecule has 1 fully saturated rings. The average Bonchev–Trinajstić information content (AvgIpc) is 2.37. The quantitative estimate of drug-likeness (QED) is 0.813. The number of nitrogen functional groups attached to an aromatic ring is 1. The molecule has 2 rings (SSSR count). The molecule has 0 bridgehead atoms. The van der Waals surface area contributed by atoms with E-state index in [4.69, 9.17) is 10.5 Å². The Balaban J connectivity index is 2.04. The molecule has 0 radical (unpaired) electrons. The van der Waals surface area contributed by atoms with E-state index in [1.165, 1.54) is 6.07 Å². The van der Waals surface area contributed by atoms with Gasteiger partial charge in [-0.3, -0.25) is 0 Å². The van der Waals surface area contributed by atoms with Gasteiger partial charge in [-0.15, -0.1) is 0 Å². The van der Waals surface area contributed by atoms with Gasteiger partial charge in [-0.25, -0.2) is 17.5 Å². The van der Waals surface area contributed by atoms with Crippen LogP contribution in [0.15, 0.2) is 23.1 Å². The molecule has 0 aliphatic carbocycles. The number of hydrogen-bond acceptors (Lipinski definition) is 4. The third kappa shape index (κ3) is 3.89. The summed E-state index contributed by atoms with van der Waals surface area (Å²) in [5, 5.41) is 0. The van der Waals surface area contributed by atoms with Crippen molar-refractivity contribution in [3.05, 3.63) is 24.0 Å². The summed E-state index contributed by atoms with van der Waals surface area (Å²) in [4.78, 5) is -0.142. The second-order valence-corrected chi connectivity index (χ2v) is 6.39. The van der Waals surface area contributed by atoms with Crippen LogP contribution in [0.4, 0.5) is 10.1 Å². The second-order valence-electron chi connectivity index (χ2n) is 4.63. The maximum absolute atomic E-state index is 13.2. The van der Waals surface area contributed by atoms with E-state index in [0.29, 0.717) is 19.8 Å². The van der Waals surface area contributed by atoms with Crippen LogP contribution in [0.5, 0.6) is 0 Å². The molecule has 1 saturated heterocycles. The Kier molecular flexibility index (Phi) is 4.38. The van der Waals surface area contributed by atoms with Crippen molar-refractivity contribution in [1.29, 1.82) is 0 Å². The number of hydrogen-bond donors (Lipinski definition) is 2. The molecular formula is C12H17FN2O3S. The largest absolute Gasteiger partial charge is 0.399 e. The van der Waals surface area contributed by atoms with Crippen molar-refractivity contribution < 1.29 is 17.5 Å². The molecule has 1 aromatic rings. The number of nitrogens with two attached hydrogens (primary N) is 1. The summed E-state index contributed by atoms with van der Waals surface area (Å²) < 4.78 is 44.9. The van der Waals surface area contributed by atoms with Crippen molar-refractivity contribution in [3.8, 4) is 0 Å². The fourth-order valence-electron chi connectivity index (χ4n) is 2.00. The topological polar surface area (TPSA) is 81.4 Å². The van der Waals surface area contributed by atoms with Gasteiger partial charge in [0.05, 0.1) is 4.90 Å². The van der Waals surface area contributed by atoms with Crippen molar-refractivity contribution >= 4 is 15.7 Å². The van der Waals surface area contributed by atoms with Crippen molar-refractivity contribution in [2.24, 2.45) is 5.92 Å². The van der Waals surface area contributed by atoms with E-state index in [9.17, 15) is 12.8 Å². The Bertz CT molecular complexity index is 522. The summed E-state index contributed by atoms with van der Waals surface area (Å²) in [6.45, 7) is 1.64.